The van der Waals surface area contributed by atoms with Crippen LogP contribution in [0.5, 0.6) is 5.75 Å². The zero-order valence-electron chi connectivity index (χ0n) is 20.0. The van der Waals surface area contributed by atoms with E-state index in [0.717, 1.165) is 27.3 Å². The lowest BCUT2D eigenvalue weighted by Crippen LogP contribution is -2.44. The molecule has 1 atom stereocenters. The first kappa shape index (κ1) is 24.3. The maximum Gasteiger partial charge on any atom is 0.251 e. The molecule has 7 heteroatoms. The van der Waals surface area contributed by atoms with Crippen LogP contribution in [-0.4, -0.2) is 18.9 Å². The molecule has 6 nitrogen and oxygen atoms in total. The number of carbonyl (C=O) groups is 2. The van der Waals surface area contributed by atoms with Crippen LogP contribution >= 0.6 is 11.3 Å². The standard InChI is InChI=1S/C28H28N2O4S/c1-19-8-13-24(20(2)16-19)30(26(31)17-23-6-5-15-35-23)27(25-7-4-14-34-25)28(32)29-18-21-9-11-22(33-3)12-10-21/h4-16,27H,17-18H2,1-3H3,(H,29,32)/t27-/m1/s1. The molecule has 35 heavy (non-hydrogen) atoms. The normalized spacial score (nSPS) is 11.6. The molecule has 0 saturated heterocycles. The van der Waals surface area contributed by atoms with Gasteiger partial charge in [-0.1, -0.05) is 35.9 Å². The Morgan fingerprint density at radius 3 is 2.49 bits per heavy atom. The number of hydrogen-bond donors (Lipinski definition) is 1. The van der Waals surface area contributed by atoms with Gasteiger partial charge in [0.25, 0.3) is 5.91 Å². The van der Waals surface area contributed by atoms with E-state index in [1.165, 1.54) is 17.6 Å². The Morgan fingerprint density at radius 1 is 1.06 bits per heavy atom. The van der Waals surface area contributed by atoms with Crippen molar-refractivity contribution in [3.05, 3.63) is 106 Å². The summed E-state index contributed by atoms with van der Waals surface area (Å²) in [5.74, 6) is 0.640. The highest BCUT2D eigenvalue weighted by Crippen LogP contribution is 2.32. The maximum absolute atomic E-state index is 13.7. The monoisotopic (exact) mass is 488 g/mol. The van der Waals surface area contributed by atoms with Gasteiger partial charge in [0.15, 0.2) is 6.04 Å². The van der Waals surface area contributed by atoms with Crippen molar-refractivity contribution < 1.29 is 18.7 Å². The summed E-state index contributed by atoms with van der Waals surface area (Å²) in [5.41, 5.74) is 3.58. The van der Waals surface area contributed by atoms with Crippen LogP contribution in [0.15, 0.2) is 82.8 Å². The van der Waals surface area contributed by atoms with Crippen molar-refractivity contribution in [3.8, 4) is 5.75 Å². The molecule has 2 aromatic heterocycles. The fourth-order valence-electron chi connectivity index (χ4n) is 3.99. The number of methoxy groups -OCH3 is 1. The molecule has 0 fully saturated rings. The summed E-state index contributed by atoms with van der Waals surface area (Å²) in [6.45, 7) is 4.25. The molecule has 2 heterocycles. The van der Waals surface area contributed by atoms with Crippen molar-refractivity contribution in [1.29, 1.82) is 0 Å². The number of nitrogens with one attached hydrogen (secondary N) is 1. The third kappa shape index (κ3) is 5.81. The van der Waals surface area contributed by atoms with Crippen molar-refractivity contribution in [1.82, 2.24) is 5.32 Å². The smallest absolute Gasteiger partial charge is 0.251 e. The van der Waals surface area contributed by atoms with Gasteiger partial charge in [0.05, 0.1) is 19.8 Å². The van der Waals surface area contributed by atoms with E-state index in [1.807, 2.05) is 73.8 Å². The number of benzene rings is 2. The summed E-state index contributed by atoms with van der Waals surface area (Å²) in [4.78, 5) is 29.9. The molecular weight excluding hydrogens is 460 g/mol. The zero-order valence-corrected chi connectivity index (χ0v) is 20.8. The Kier molecular flexibility index (Phi) is 7.67. The summed E-state index contributed by atoms with van der Waals surface area (Å²) < 4.78 is 10.9. The molecule has 0 aliphatic rings. The first-order valence-electron chi connectivity index (χ1n) is 11.3. The summed E-state index contributed by atoms with van der Waals surface area (Å²) in [6, 6.07) is 19.7. The Hall–Kier alpha value is -3.84. The van der Waals surface area contributed by atoms with Crippen molar-refractivity contribution in [3.63, 3.8) is 0 Å². The van der Waals surface area contributed by atoms with Crippen LogP contribution in [0, 0.1) is 13.8 Å². The highest BCUT2D eigenvalue weighted by atomic mass is 32.1. The predicted molar refractivity (Wildman–Crippen MR) is 138 cm³/mol. The molecule has 2 aromatic carbocycles. The lowest BCUT2D eigenvalue weighted by Gasteiger charge is -2.31. The Morgan fingerprint density at radius 2 is 1.86 bits per heavy atom. The molecule has 0 aliphatic heterocycles. The highest BCUT2D eigenvalue weighted by molar-refractivity contribution is 7.10. The van der Waals surface area contributed by atoms with Gasteiger partial charge in [-0.2, -0.15) is 0 Å². The number of amides is 2. The molecule has 0 aliphatic carbocycles. The number of nitrogens with zero attached hydrogens (tertiary/aromatic N) is 1. The van der Waals surface area contributed by atoms with Crippen LogP contribution in [0.4, 0.5) is 5.69 Å². The molecule has 2 amide bonds. The Labute approximate surface area is 209 Å². The van der Waals surface area contributed by atoms with Crippen LogP contribution in [0.3, 0.4) is 0 Å². The fraction of sp³-hybridized carbons (Fsp3) is 0.214. The third-order valence-corrected chi connectivity index (χ3v) is 6.61. The maximum atomic E-state index is 13.7. The average Bonchev–Trinajstić information content (AvgIpc) is 3.56. The first-order chi connectivity index (χ1) is 17.0. The van der Waals surface area contributed by atoms with Gasteiger partial charge in [0.1, 0.15) is 11.5 Å². The van der Waals surface area contributed by atoms with Crippen molar-refractivity contribution >= 4 is 28.8 Å². The minimum absolute atomic E-state index is 0.180. The molecule has 4 aromatic rings. The number of ether oxygens (including phenoxy) is 1. The minimum Gasteiger partial charge on any atom is -0.497 e. The molecule has 0 saturated carbocycles. The molecule has 0 radical (unpaired) electrons. The topological polar surface area (TPSA) is 71.8 Å². The molecular formula is C28H28N2O4S. The minimum atomic E-state index is -0.961. The van der Waals surface area contributed by atoms with E-state index in [9.17, 15) is 9.59 Å². The molecule has 180 valence electrons. The van der Waals surface area contributed by atoms with Crippen LogP contribution in [0.2, 0.25) is 0 Å². The van der Waals surface area contributed by atoms with Crippen LogP contribution < -0.4 is 15.0 Å². The van der Waals surface area contributed by atoms with Crippen LogP contribution in [0.1, 0.15) is 33.4 Å². The second-order valence-electron chi connectivity index (χ2n) is 8.29. The van der Waals surface area contributed by atoms with E-state index in [-0.39, 0.29) is 18.2 Å². The number of carbonyl (C=O) groups excluding carboxylic acids is 2. The van der Waals surface area contributed by atoms with E-state index >= 15 is 0 Å². The van der Waals surface area contributed by atoms with E-state index in [2.05, 4.69) is 5.32 Å². The molecule has 0 bridgehead atoms. The third-order valence-electron chi connectivity index (χ3n) is 5.73. The number of hydrogen-bond acceptors (Lipinski definition) is 5. The lowest BCUT2D eigenvalue weighted by atomic mass is 10.0. The molecule has 4 rings (SSSR count). The largest absolute Gasteiger partial charge is 0.497 e. The van der Waals surface area contributed by atoms with E-state index in [0.29, 0.717) is 18.0 Å². The van der Waals surface area contributed by atoms with Gasteiger partial charge >= 0.3 is 0 Å². The van der Waals surface area contributed by atoms with E-state index in [4.69, 9.17) is 9.15 Å². The lowest BCUT2D eigenvalue weighted by molar-refractivity contribution is -0.127. The number of thiophene rings is 1. The van der Waals surface area contributed by atoms with Gasteiger partial charge in [-0.05, 0) is 66.8 Å². The summed E-state index contributed by atoms with van der Waals surface area (Å²) in [7, 11) is 1.61. The van der Waals surface area contributed by atoms with Gasteiger partial charge in [-0.3, -0.25) is 14.5 Å². The van der Waals surface area contributed by atoms with Crippen molar-refractivity contribution in [2.45, 2.75) is 32.9 Å². The Bertz CT molecular complexity index is 1270. The van der Waals surface area contributed by atoms with Gasteiger partial charge in [0.2, 0.25) is 5.91 Å². The summed E-state index contributed by atoms with van der Waals surface area (Å²) in [5, 5.41) is 4.93. The van der Waals surface area contributed by atoms with E-state index in [1.54, 1.807) is 24.1 Å². The number of furan rings is 1. The van der Waals surface area contributed by atoms with Gasteiger partial charge in [-0.15, -0.1) is 11.3 Å². The number of rotatable bonds is 9. The second kappa shape index (κ2) is 11.1. The fourth-order valence-corrected chi connectivity index (χ4v) is 4.69. The average molecular weight is 489 g/mol. The van der Waals surface area contributed by atoms with Crippen LogP contribution in [0.25, 0.3) is 0 Å². The second-order valence-corrected chi connectivity index (χ2v) is 9.33. The van der Waals surface area contributed by atoms with Gasteiger partial charge < -0.3 is 14.5 Å². The van der Waals surface area contributed by atoms with E-state index < -0.39 is 6.04 Å². The predicted octanol–water partition coefficient (Wildman–Crippen LogP) is 5.60. The van der Waals surface area contributed by atoms with Crippen molar-refractivity contribution in [2.75, 3.05) is 12.0 Å². The number of aryl methyl sites for hydroxylation is 2. The highest BCUT2D eigenvalue weighted by Gasteiger charge is 2.35. The molecule has 0 unspecified atom stereocenters. The SMILES string of the molecule is COc1ccc(CNC(=O)[C@@H](c2ccco2)N(C(=O)Cc2cccs2)c2ccc(C)cc2C)cc1. The molecule has 0 spiro atoms. The first-order valence-corrected chi connectivity index (χ1v) is 12.2. The quantitative estimate of drug-likeness (QED) is 0.333. The Balaban J connectivity index is 1.68. The summed E-state index contributed by atoms with van der Waals surface area (Å²) in [6.07, 6.45) is 1.71. The summed E-state index contributed by atoms with van der Waals surface area (Å²) >= 11 is 1.52. The van der Waals surface area contributed by atoms with Gasteiger partial charge in [0, 0.05) is 17.1 Å². The molecule has 1 N–H and O–H groups in total. The van der Waals surface area contributed by atoms with Gasteiger partial charge in [-0.25, -0.2) is 0 Å². The number of anilines is 1. The van der Waals surface area contributed by atoms with Crippen molar-refractivity contribution in [2.24, 2.45) is 0 Å². The zero-order chi connectivity index (χ0) is 24.8. The van der Waals surface area contributed by atoms with Crippen LogP contribution in [-0.2, 0) is 22.6 Å².